The van der Waals surface area contributed by atoms with E-state index in [-0.39, 0.29) is 6.04 Å². The number of halogens is 1. The van der Waals surface area contributed by atoms with Crippen LogP contribution in [0, 0.1) is 6.92 Å². The van der Waals surface area contributed by atoms with Gasteiger partial charge in [-0.1, -0.05) is 22.8 Å². The van der Waals surface area contributed by atoms with Gasteiger partial charge in [-0.15, -0.1) is 0 Å². The Bertz CT molecular complexity index is 568. The van der Waals surface area contributed by atoms with E-state index in [1.54, 1.807) is 0 Å². The quantitative estimate of drug-likeness (QED) is 0.930. The summed E-state index contributed by atoms with van der Waals surface area (Å²) >= 11 is 6.08. The highest BCUT2D eigenvalue weighted by Crippen LogP contribution is 2.24. The number of hydrogen-bond acceptors (Lipinski definition) is 5. The molecule has 0 bridgehead atoms. The summed E-state index contributed by atoms with van der Waals surface area (Å²) in [6.07, 6.45) is 0. The van der Waals surface area contributed by atoms with Crippen molar-refractivity contribution < 1.29 is 4.52 Å². The minimum Gasteiger partial charge on any atom is -0.334 e. The van der Waals surface area contributed by atoms with Gasteiger partial charge in [0.05, 0.1) is 6.04 Å². The van der Waals surface area contributed by atoms with Crippen LogP contribution >= 0.6 is 11.6 Å². The van der Waals surface area contributed by atoms with E-state index in [4.69, 9.17) is 21.9 Å². The minimum absolute atomic E-state index is 0.270. The first-order chi connectivity index (χ1) is 8.97. The molecule has 1 heterocycles. The lowest BCUT2D eigenvalue weighted by Crippen LogP contribution is -2.26. The Morgan fingerprint density at radius 1 is 1.42 bits per heavy atom. The summed E-state index contributed by atoms with van der Waals surface area (Å²) in [5.74, 6) is 0.937. The van der Waals surface area contributed by atoms with Crippen LogP contribution < -0.4 is 5.73 Å². The maximum absolute atomic E-state index is 6.08. The van der Waals surface area contributed by atoms with Crippen molar-refractivity contribution in [2.24, 2.45) is 5.73 Å². The lowest BCUT2D eigenvalue weighted by atomic mass is 10.1. The second-order valence-electron chi connectivity index (χ2n) is 4.79. The molecule has 2 N–H and O–H groups in total. The zero-order chi connectivity index (χ0) is 14.0. The molecular weight excluding hydrogens is 264 g/mol. The lowest BCUT2D eigenvalue weighted by molar-refractivity contribution is 0.357. The van der Waals surface area contributed by atoms with Crippen molar-refractivity contribution in [3.8, 4) is 11.5 Å². The van der Waals surface area contributed by atoms with Crippen LogP contribution in [0.5, 0.6) is 0 Å². The molecular formula is C13H17ClN4O. The van der Waals surface area contributed by atoms with E-state index in [0.717, 1.165) is 11.1 Å². The summed E-state index contributed by atoms with van der Waals surface area (Å²) in [5, 5.41) is 4.59. The van der Waals surface area contributed by atoms with E-state index in [2.05, 4.69) is 10.1 Å². The monoisotopic (exact) mass is 280 g/mol. The first-order valence-corrected chi connectivity index (χ1v) is 6.35. The Hall–Kier alpha value is -1.43. The van der Waals surface area contributed by atoms with Crippen LogP contribution in [0.15, 0.2) is 22.7 Å². The Morgan fingerprint density at radius 2 is 2.16 bits per heavy atom. The van der Waals surface area contributed by atoms with Crippen LogP contribution in [-0.2, 0) is 0 Å². The molecule has 0 saturated heterocycles. The van der Waals surface area contributed by atoms with Crippen molar-refractivity contribution in [3.05, 3.63) is 34.6 Å². The second kappa shape index (κ2) is 5.69. The smallest absolute Gasteiger partial charge is 0.258 e. The molecule has 0 fully saturated rings. The highest BCUT2D eigenvalue weighted by Gasteiger charge is 2.16. The molecule has 0 aliphatic heterocycles. The molecule has 1 aromatic heterocycles. The molecule has 1 unspecified atom stereocenters. The third kappa shape index (κ3) is 3.32. The number of benzene rings is 1. The van der Waals surface area contributed by atoms with Crippen molar-refractivity contribution in [2.45, 2.75) is 13.0 Å². The van der Waals surface area contributed by atoms with Crippen LogP contribution in [0.25, 0.3) is 11.5 Å². The third-order valence-electron chi connectivity index (χ3n) is 2.75. The normalized spacial score (nSPS) is 12.9. The molecule has 0 aliphatic carbocycles. The molecule has 2 rings (SSSR count). The van der Waals surface area contributed by atoms with Gasteiger partial charge in [0.2, 0.25) is 0 Å². The number of rotatable bonds is 4. The van der Waals surface area contributed by atoms with E-state index in [1.165, 1.54) is 0 Å². The number of hydrogen-bond donors (Lipinski definition) is 1. The second-order valence-corrected chi connectivity index (χ2v) is 5.20. The van der Waals surface area contributed by atoms with E-state index in [1.807, 2.05) is 44.1 Å². The van der Waals surface area contributed by atoms with Gasteiger partial charge in [0.15, 0.2) is 5.82 Å². The largest absolute Gasteiger partial charge is 0.334 e. The summed E-state index contributed by atoms with van der Waals surface area (Å²) in [5.41, 5.74) is 7.79. The van der Waals surface area contributed by atoms with Gasteiger partial charge in [-0.2, -0.15) is 4.98 Å². The molecule has 5 nitrogen and oxygen atoms in total. The molecule has 1 atom stereocenters. The first-order valence-electron chi connectivity index (χ1n) is 5.98. The molecule has 0 spiro atoms. The highest BCUT2D eigenvalue weighted by atomic mass is 35.5. The third-order valence-corrected chi connectivity index (χ3v) is 3.16. The Morgan fingerprint density at radius 3 is 2.79 bits per heavy atom. The topological polar surface area (TPSA) is 68.2 Å². The molecule has 0 amide bonds. The van der Waals surface area contributed by atoms with Gasteiger partial charge >= 0.3 is 0 Å². The van der Waals surface area contributed by atoms with E-state index in [9.17, 15) is 0 Å². The van der Waals surface area contributed by atoms with Crippen molar-refractivity contribution in [1.29, 1.82) is 0 Å². The fourth-order valence-corrected chi connectivity index (χ4v) is 1.88. The number of aryl methyl sites for hydroxylation is 1. The predicted molar refractivity (Wildman–Crippen MR) is 75.0 cm³/mol. The van der Waals surface area contributed by atoms with E-state index < -0.39 is 0 Å². The van der Waals surface area contributed by atoms with E-state index >= 15 is 0 Å². The van der Waals surface area contributed by atoms with Gasteiger partial charge in [-0.05, 0) is 38.7 Å². The zero-order valence-electron chi connectivity index (χ0n) is 11.2. The zero-order valence-corrected chi connectivity index (χ0v) is 12.0. The molecule has 102 valence electrons. The van der Waals surface area contributed by atoms with Crippen molar-refractivity contribution >= 4 is 11.6 Å². The number of likely N-dealkylation sites (N-methyl/N-ethyl adjacent to an activating group) is 1. The lowest BCUT2D eigenvalue weighted by Gasteiger charge is -2.12. The molecule has 6 heteroatoms. The predicted octanol–water partition coefficient (Wildman–Crippen LogP) is 2.26. The van der Waals surface area contributed by atoms with Gasteiger partial charge < -0.3 is 15.2 Å². The Labute approximate surface area is 117 Å². The van der Waals surface area contributed by atoms with Crippen molar-refractivity contribution in [2.75, 3.05) is 20.6 Å². The van der Waals surface area contributed by atoms with Crippen LogP contribution in [0.1, 0.15) is 17.4 Å². The summed E-state index contributed by atoms with van der Waals surface area (Å²) in [7, 11) is 3.89. The fraction of sp³-hybridized carbons (Fsp3) is 0.385. The summed E-state index contributed by atoms with van der Waals surface area (Å²) in [4.78, 5) is 6.29. The van der Waals surface area contributed by atoms with Crippen molar-refractivity contribution in [3.63, 3.8) is 0 Å². The first kappa shape index (κ1) is 14.0. The van der Waals surface area contributed by atoms with Crippen LogP contribution in [0.4, 0.5) is 0 Å². The van der Waals surface area contributed by atoms with Gasteiger partial charge in [0.25, 0.3) is 5.89 Å². The van der Waals surface area contributed by atoms with Gasteiger partial charge in [-0.3, -0.25) is 0 Å². The fourth-order valence-electron chi connectivity index (χ4n) is 1.70. The molecule has 1 aromatic carbocycles. The van der Waals surface area contributed by atoms with Gasteiger partial charge in [-0.25, -0.2) is 0 Å². The van der Waals surface area contributed by atoms with Crippen LogP contribution in [0.3, 0.4) is 0 Å². The molecule has 0 radical (unpaired) electrons. The standard InChI is InChI=1S/C13H17ClN4O/c1-8-4-5-9(6-10(8)14)13-16-12(17-19-13)11(15)7-18(2)3/h4-6,11H,7,15H2,1-3H3. The summed E-state index contributed by atoms with van der Waals surface area (Å²) in [6, 6.07) is 5.36. The number of nitrogens with zero attached hydrogens (tertiary/aromatic N) is 3. The van der Waals surface area contributed by atoms with Crippen molar-refractivity contribution in [1.82, 2.24) is 15.0 Å². The Balaban J connectivity index is 2.22. The average molecular weight is 281 g/mol. The molecule has 19 heavy (non-hydrogen) atoms. The average Bonchev–Trinajstić information content (AvgIpc) is 2.81. The molecule has 0 aliphatic rings. The minimum atomic E-state index is -0.270. The number of aromatic nitrogens is 2. The SMILES string of the molecule is Cc1ccc(-c2nc(C(N)CN(C)C)no2)cc1Cl. The Kier molecular flexibility index (Phi) is 4.19. The molecule has 0 saturated carbocycles. The van der Waals surface area contributed by atoms with Crippen LogP contribution in [0.2, 0.25) is 5.02 Å². The maximum Gasteiger partial charge on any atom is 0.258 e. The van der Waals surface area contributed by atoms with Gasteiger partial charge in [0, 0.05) is 17.1 Å². The maximum atomic E-state index is 6.08. The summed E-state index contributed by atoms with van der Waals surface area (Å²) < 4.78 is 5.23. The van der Waals surface area contributed by atoms with Gasteiger partial charge in [0.1, 0.15) is 0 Å². The van der Waals surface area contributed by atoms with Crippen LogP contribution in [-0.4, -0.2) is 35.7 Å². The van der Waals surface area contributed by atoms with E-state index in [0.29, 0.717) is 23.3 Å². The summed E-state index contributed by atoms with van der Waals surface area (Å²) in [6.45, 7) is 2.60. The number of nitrogens with two attached hydrogens (primary N) is 1. The molecule has 2 aromatic rings. The highest BCUT2D eigenvalue weighted by molar-refractivity contribution is 6.31.